The average molecular weight is 340 g/mol. The van der Waals surface area contributed by atoms with Crippen LogP contribution in [0, 0.1) is 0 Å². The van der Waals surface area contributed by atoms with Gasteiger partial charge in [0, 0.05) is 16.8 Å². The van der Waals surface area contributed by atoms with Gasteiger partial charge in [0.25, 0.3) is 0 Å². The Morgan fingerprint density at radius 2 is 1.42 bits per heavy atom. The summed E-state index contributed by atoms with van der Waals surface area (Å²) in [4.78, 5) is 4.09. The van der Waals surface area contributed by atoms with E-state index in [1.807, 2.05) is 42.5 Å². The molecule has 0 bridgehead atoms. The highest BCUT2D eigenvalue weighted by molar-refractivity contribution is 6.30. The van der Waals surface area contributed by atoms with Crippen LogP contribution < -0.4 is 11.5 Å². The van der Waals surface area contributed by atoms with Crippen molar-refractivity contribution in [2.75, 3.05) is 5.73 Å². The number of aliphatic hydroxyl groups is 1. The van der Waals surface area contributed by atoms with E-state index >= 15 is 0 Å². The second kappa shape index (κ2) is 7.01. The number of halogens is 1. The fourth-order valence-corrected chi connectivity index (χ4v) is 2.65. The molecule has 24 heavy (non-hydrogen) atoms. The lowest BCUT2D eigenvalue weighted by atomic mass is 9.95. The number of pyridine rings is 1. The number of rotatable bonds is 4. The molecule has 2 atom stereocenters. The largest absolute Gasteiger partial charge is 0.386 e. The van der Waals surface area contributed by atoms with Crippen molar-refractivity contribution in [2.24, 2.45) is 5.73 Å². The van der Waals surface area contributed by atoms with Gasteiger partial charge < -0.3 is 16.6 Å². The lowest BCUT2D eigenvalue weighted by Crippen LogP contribution is -2.19. The van der Waals surface area contributed by atoms with Gasteiger partial charge in [-0.25, -0.2) is 4.98 Å². The van der Waals surface area contributed by atoms with E-state index in [0.717, 1.165) is 22.3 Å². The molecule has 0 aliphatic carbocycles. The highest BCUT2D eigenvalue weighted by Crippen LogP contribution is 2.29. The van der Waals surface area contributed by atoms with E-state index in [-0.39, 0.29) is 0 Å². The molecule has 1 heterocycles. The summed E-state index contributed by atoms with van der Waals surface area (Å²) in [5.41, 5.74) is 15.3. The van der Waals surface area contributed by atoms with Gasteiger partial charge in [0.1, 0.15) is 5.82 Å². The van der Waals surface area contributed by atoms with Gasteiger partial charge in [-0.2, -0.15) is 0 Å². The van der Waals surface area contributed by atoms with Crippen LogP contribution in [-0.4, -0.2) is 10.1 Å². The monoisotopic (exact) mass is 339 g/mol. The fourth-order valence-electron chi connectivity index (χ4n) is 2.52. The van der Waals surface area contributed by atoms with Crippen molar-refractivity contribution in [1.82, 2.24) is 4.98 Å². The molecule has 0 amide bonds. The zero-order chi connectivity index (χ0) is 17.1. The Bertz CT molecular complexity index is 802. The molecule has 122 valence electrons. The predicted octanol–water partition coefficient (Wildman–Crippen LogP) is 3.72. The molecule has 0 saturated carbocycles. The van der Waals surface area contributed by atoms with Gasteiger partial charge in [-0.15, -0.1) is 0 Å². The van der Waals surface area contributed by atoms with E-state index in [4.69, 9.17) is 23.1 Å². The normalized spacial score (nSPS) is 13.5. The molecule has 1 aromatic heterocycles. The third kappa shape index (κ3) is 3.57. The molecule has 0 saturated heterocycles. The summed E-state index contributed by atoms with van der Waals surface area (Å²) >= 11 is 5.88. The van der Waals surface area contributed by atoms with Crippen molar-refractivity contribution in [3.8, 4) is 11.1 Å². The minimum atomic E-state index is -0.801. The van der Waals surface area contributed by atoms with E-state index in [9.17, 15) is 5.11 Å². The molecule has 3 rings (SSSR count). The molecule has 5 heteroatoms. The molecule has 2 aromatic carbocycles. The Kier molecular flexibility index (Phi) is 4.81. The maximum Gasteiger partial charge on any atom is 0.123 e. The van der Waals surface area contributed by atoms with Gasteiger partial charge in [-0.1, -0.05) is 48.0 Å². The van der Waals surface area contributed by atoms with E-state index in [1.54, 1.807) is 24.4 Å². The van der Waals surface area contributed by atoms with Gasteiger partial charge in [0.2, 0.25) is 0 Å². The number of hydrogen-bond donors (Lipinski definition) is 3. The third-order valence-corrected chi connectivity index (χ3v) is 4.22. The summed E-state index contributed by atoms with van der Waals surface area (Å²) in [6.45, 7) is 0. The Labute approximate surface area is 145 Å². The molecular formula is C19H18ClN3O. The van der Waals surface area contributed by atoms with E-state index in [2.05, 4.69) is 4.98 Å². The quantitative estimate of drug-likeness (QED) is 0.676. The first-order chi connectivity index (χ1) is 11.5. The van der Waals surface area contributed by atoms with Crippen LogP contribution in [0.4, 0.5) is 5.82 Å². The van der Waals surface area contributed by atoms with E-state index < -0.39 is 12.1 Å². The minimum Gasteiger partial charge on any atom is -0.386 e. The number of hydrogen-bond acceptors (Lipinski definition) is 4. The predicted molar refractivity (Wildman–Crippen MR) is 97.4 cm³/mol. The number of nitrogen functional groups attached to an aromatic ring is 1. The fraction of sp³-hybridized carbons (Fsp3) is 0.105. The summed E-state index contributed by atoms with van der Waals surface area (Å²) in [6.07, 6.45) is 0.921. The van der Waals surface area contributed by atoms with Crippen LogP contribution >= 0.6 is 11.6 Å². The smallest absolute Gasteiger partial charge is 0.123 e. The lowest BCUT2D eigenvalue weighted by Gasteiger charge is -2.20. The Morgan fingerprint density at radius 1 is 0.833 bits per heavy atom. The zero-order valence-corrected chi connectivity index (χ0v) is 13.7. The number of aromatic nitrogens is 1. The Balaban J connectivity index is 1.79. The van der Waals surface area contributed by atoms with Gasteiger partial charge >= 0.3 is 0 Å². The van der Waals surface area contributed by atoms with Crippen molar-refractivity contribution >= 4 is 17.4 Å². The van der Waals surface area contributed by atoms with Gasteiger partial charge in [0.15, 0.2) is 0 Å². The number of aliphatic hydroxyl groups excluding tert-OH is 1. The van der Waals surface area contributed by atoms with Gasteiger partial charge in [-0.05, 0) is 41.0 Å². The third-order valence-electron chi connectivity index (χ3n) is 3.97. The number of nitrogens with two attached hydrogens (primary N) is 2. The van der Waals surface area contributed by atoms with Crippen LogP contribution in [0.25, 0.3) is 11.1 Å². The molecule has 0 spiro atoms. The Morgan fingerprint density at radius 3 is 2.00 bits per heavy atom. The van der Waals surface area contributed by atoms with Crippen LogP contribution in [0.15, 0.2) is 66.9 Å². The van der Waals surface area contributed by atoms with Crippen LogP contribution in [0.5, 0.6) is 0 Å². The maximum atomic E-state index is 10.5. The molecule has 0 radical (unpaired) electrons. The minimum absolute atomic E-state index is 0.486. The molecular weight excluding hydrogens is 322 g/mol. The Hall–Kier alpha value is -2.40. The number of nitrogens with zero attached hydrogens (tertiary/aromatic N) is 1. The van der Waals surface area contributed by atoms with Crippen LogP contribution in [-0.2, 0) is 0 Å². The lowest BCUT2D eigenvalue weighted by molar-refractivity contribution is 0.147. The summed E-state index contributed by atoms with van der Waals surface area (Å²) in [5, 5.41) is 11.2. The first kappa shape index (κ1) is 16.5. The van der Waals surface area contributed by atoms with Crippen molar-refractivity contribution in [3.63, 3.8) is 0 Å². The molecule has 0 aliphatic rings. The van der Waals surface area contributed by atoms with Gasteiger partial charge in [-0.3, -0.25) is 0 Å². The highest BCUT2D eigenvalue weighted by Gasteiger charge is 2.18. The van der Waals surface area contributed by atoms with Crippen molar-refractivity contribution < 1.29 is 5.11 Å². The maximum absolute atomic E-state index is 10.5. The standard InChI is InChI=1S/C19H18ClN3O/c20-16-8-5-13(6-9-16)18(22)19(24)14-3-1-12(2-4-14)15-7-10-17(21)23-11-15/h1-11,18-19,24H,22H2,(H2,21,23). The van der Waals surface area contributed by atoms with Crippen molar-refractivity contribution in [3.05, 3.63) is 83.0 Å². The SMILES string of the molecule is Nc1ccc(-c2ccc(C(O)C(N)c3ccc(Cl)cc3)cc2)cn1. The summed E-state index contributed by atoms with van der Waals surface area (Å²) in [6, 6.07) is 17.9. The highest BCUT2D eigenvalue weighted by atomic mass is 35.5. The summed E-state index contributed by atoms with van der Waals surface area (Å²) < 4.78 is 0. The van der Waals surface area contributed by atoms with Crippen LogP contribution in [0.1, 0.15) is 23.3 Å². The molecule has 5 N–H and O–H groups in total. The molecule has 0 fully saturated rings. The first-order valence-electron chi connectivity index (χ1n) is 7.55. The van der Waals surface area contributed by atoms with Crippen LogP contribution in [0.2, 0.25) is 5.02 Å². The molecule has 4 nitrogen and oxygen atoms in total. The molecule has 0 aliphatic heterocycles. The zero-order valence-electron chi connectivity index (χ0n) is 12.9. The van der Waals surface area contributed by atoms with E-state index in [1.165, 1.54) is 0 Å². The molecule has 2 unspecified atom stereocenters. The van der Waals surface area contributed by atoms with Crippen LogP contribution in [0.3, 0.4) is 0 Å². The summed E-state index contributed by atoms with van der Waals surface area (Å²) in [7, 11) is 0. The van der Waals surface area contributed by atoms with Crippen molar-refractivity contribution in [2.45, 2.75) is 12.1 Å². The average Bonchev–Trinajstić information content (AvgIpc) is 2.62. The number of benzene rings is 2. The number of anilines is 1. The summed E-state index contributed by atoms with van der Waals surface area (Å²) in [5.74, 6) is 0.486. The second-order valence-corrected chi connectivity index (χ2v) is 6.05. The van der Waals surface area contributed by atoms with Crippen molar-refractivity contribution in [1.29, 1.82) is 0 Å². The molecule has 3 aromatic rings. The first-order valence-corrected chi connectivity index (χ1v) is 7.93. The second-order valence-electron chi connectivity index (χ2n) is 5.62. The van der Waals surface area contributed by atoms with E-state index in [0.29, 0.717) is 10.8 Å². The topological polar surface area (TPSA) is 85.2 Å². The van der Waals surface area contributed by atoms with Gasteiger partial charge in [0.05, 0.1) is 12.1 Å².